The fraction of sp³-hybridized carbons (Fsp3) is 0.882. The molecule has 0 spiro atoms. The summed E-state index contributed by atoms with van der Waals surface area (Å²) < 4.78 is 4.99. The lowest BCUT2D eigenvalue weighted by Gasteiger charge is -2.17. The standard InChI is InChI=1S/C17H32O5/c1-14(19)11-9-7-5-3-4-6-8-10-12-17(21)22-16(13-18)15(2)20/h15-16,18,20H,3-13H2,1-2H3. The number of aliphatic hydroxyl groups excluding tert-OH is 2. The van der Waals surface area contributed by atoms with Gasteiger partial charge in [-0.1, -0.05) is 38.5 Å². The molecule has 2 N–H and O–H groups in total. The Morgan fingerprint density at radius 3 is 1.77 bits per heavy atom. The lowest BCUT2D eigenvalue weighted by atomic mass is 10.1. The molecule has 2 unspecified atom stereocenters. The SMILES string of the molecule is CC(=O)CCCCCCCCCCC(=O)OC(CO)C(C)O. The van der Waals surface area contributed by atoms with Crippen LogP contribution in [0.15, 0.2) is 0 Å². The average Bonchev–Trinajstić information content (AvgIpc) is 2.46. The Morgan fingerprint density at radius 1 is 0.909 bits per heavy atom. The van der Waals surface area contributed by atoms with Crippen LogP contribution in [0.1, 0.15) is 78.1 Å². The molecular formula is C17H32O5. The quantitative estimate of drug-likeness (QED) is 0.380. The zero-order valence-electron chi connectivity index (χ0n) is 14.1. The first-order valence-corrected chi connectivity index (χ1v) is 8.45. The van der Waals surface area contributed by atoms with Crippen molar-refractivity contribution < 1.29 is 24.5 Å². The maximum absolute atomic E-state index is 11.5. The van der Waals surface area contributed by atoms with E-state index < -0.39 is 12.2 Å². The van der Waals surface area contributed by atoms with Crippen molar-refractivity contribution in [3.63, 3.8) is 0 Å². The molecule has 2 atom stereocenters. The number of carbonyl (C=O) groups excluding carboxylic acids is 2. The van der Waals surface area contributed by atoms with E-state index in [-0.39, 0.29) is 18.4 Å². The molecule has 0 bridgehead atoms. The Labute approximate surface area is 134 Å². The Bertz CT molecular complexity index is 301. The predicted octanol–water partition coefficient (Wildman–Crippen LogP) is 2.76. The number of ketones is 1. The Hall–Kier alpha value is -0.940. The number of esters is 1. The number of Topliss-reactive ketones (excluding diaryl/α,β-unsaturated/α-hetero) is 1. The summed E-state index contributed by atoms with van der Waals surface area (Å²) in [7, 11) is 0. The van der Waals surface area contributed by atoms with Crippen molar-refractivity contribution in [1.29, 1.82) is 0 Å². The molecule has 22 heavy (non-hydrogen) atoms. The van der Waals surface area contributed by atoms with Crippen LogP contribution in [0.4, 0.5) is 0 Å². The predicted molar refractivity (Wildman–Crippen MR) is 85.5 cm³/mol. The summed E-state index contributed by atoms with van der Waals surface area (Å²) in [6.07, 6.45) is 7.85. The maximum Gasteiger partial charge on any atom is 0.306 e. The van der Waals surface area contributed by atoms with Crippen molar-refractivity contribution in [2.24, 2.45) is 0 Å². The van der Waals surface area contributed by atoms with Gasteiger partial charge in [-0.3, -0.25) is 4.79 Å². The molecule has 0 aliphatic carbocycles. The van der Waals surface area contributed by atoms with E-state index in [1.54, 1.807) is 6.92 Å². The van der Waals surface area contributed by atoms with E-state index in [4.69, 9.17) is 9.84 Å². The number of hydrogen-bond donors (Lipinski definition) is 2. The van der Waals surface area contributed by atoms with Crippen LogP contribution in [-0.2, 0) is 14.3 Å². The largest absolute Gasteiger partial charge is 0.457 e. The minimum atomic E-state index is -0.850. The highest BCUT2D eigenvalue weighted by Gasteiger charge is 2.18. The van der Waals surface area contributed by atoms with E-state index in [1.807, 2.05) is 0 Å². The van der Waals surface area contributed by atoms with Gasteiger partial charge in [0.25, 0.3) is 0 Å². The Balaban J connectivity index is 3.38. The summed E-state index contributed by atoms with van der Waals surface area (Å²) in [6, 6.07) is 0. The summed E-state index contributed by atoms with van der Waals surface area (Å²) in [5, 5.41) is 18.2. The fourth-order valence-electron chi connectivity index (χ4n) is 2.22. The van der Waals surface area contributed by atoms with Gasteiger partial charge in [-0.15, -0.1) is 0 Å². The molecule has 0 aliphatic heterocycles. The topological polar surface area (TPSA) is 83.8 Å². The molecule has 0 heterocycles. The molecule has 5 nitrogen and oxygen atoms in total. The fourth-order valence-corrected chi connectivity index (χ4v) is 2.22. The minimum absolute atomic E-state index is 0.269. The number of aliphatic hydroxyl groups is 2. The molecule has 0 aromatic heterocycles. The summed E-state index contributed by atoms with van der Waals surface area (Å²) in [4.78, 5) is 22.3. The molecule has 0 aromatic rings. The highest BCUT2D eigenvalue weighted by Crippen LogP contribution is 2.11. The normalized spacial score (nSPS) is 13.6. The molecule has 0 saturated carbocycles. The highest BCUT2D eigenvalue weighted by molar-refractivity contribution is 5.75. The third-order valence-electron chi connectivity index (χ3n) is 3.66. The first-order chi connectivity index (χ1) is 10.5. The van der Waals surface area contributed by atoms with Crippen molar-refractivity contribution in [2.75, 3.05) is 6.61 Å². The number of hydrogen-bond acceptors (Lipinski definition) is 5. The molecule has 0 fully saturated rings. The van der Waals surface area contributed by atoms with Crippen LogP contribution in [0.3, 0.4) is 0 Å². The van der Waals surface area contributed by atoms with Crippen LogP contribution in [0.5, 0.6) is 0 Å². The van der Waals surface area contributed by atoms with Crippen LogP contribution in [-0.4, -0.2) is 40.8 Å². The third kappa shape index (κ3) is 12.8. The second-order valence-electron chi connectivity index (χ2n) is 5.98. The number of carbonyl (C=O) groups is 2. The van der Waals surface area contributed by atoms with Gasteiger partial charge in [0.05, 0.1) is 12.7 Å². The smallest absolute Gasteiger partial charge is 0.306 e. The monoisotopic (exact) mass is 316 g/mol. The van der Waals surface area contributed by atoms with Crippen LogP contribution in [0.2, 0.25) is 0 Å². The second-order valence-corrected chi connectivity index (χ2v) is 5.98. The summed E-state index contributed by atoms with van der Waals surface area (Å²) in [5.41, 5.74) is 0. The van der Waals surface area contributed by atoms with Crippen LogP contribution in [0.25, 0.3) is 0 Å². The Morgan fingerprint density at radius 2 is 1.36 bits per heavy atom. The van der Waals surface area contributed by atoms with E-state index in [0.717, 1.165) is 38.5 Å². The average molecular weight is 316 g/mol. The van der Waals surface area contributed by atoms with Crippen molar-refractivity contribution in [3.8, 4) is 0 Å². The summed E-state index contributed by atoms with van der Waals surface area (Å²) >= 11 is 0. The molecular weight excluding hydrogens is 284 g/mol. The molecule has 5 heteroatoms. The molecule has 0 saturated heterocycles. The van der Waals surface area contributed by atoms with E-state index >= 15 is 0 Å². The second kappa shape index (κ2) is 13.7. The first-order valence-electron chi connectivity index (χ1n) is 8.45. The Kier molecular flexibility index (Phi) is 13.1. The van der Waals surface area contributed by atoms with Gasteiger partial charge in [-0.25, -0.2) is 0 Å². The van der Waals surface area contributed by atoms with E-state index in [2.05, 4.69) is 0 Å². The van der Waals surface area contributed by atoms with Gasteiger partial charge in [-0.05, 0) is 26.7 Å². The lowest BCUT2D eigenvalue weighted by molar-refractivity contribution is -0.157. The third-order valence-corrected chi connectivity index (χ3v) is 3.66. The molecule has 0 amide bonds. The maximum atomic E-state index is 11.5. The van der Waals surface area contributed by atoms with E-state index in [1.165, 1.54) is 19.8 Å². The number of ether oxygens (including phenoxy) is 1. The summed E-state index contributed by atoms with van der Waals surface area (Å²) in [5.74, 6) is -0.0879. The first kappa shape index (κ1) is 21.1. The van der Waals surface area contributed by atoms with Gasteiger partial charge < -0.3 is 19.7 Å². The van der Waals surface area contributed by atoms with Crippen molar-refractivity contribution >= 4 is 11.8 Å². The van der Waals surface area contributed by atoms with Crippen molar-refractivity contribution in [1.82, 2.24) is 0 Å². The van der Waals surface area contributed by atoms with Gasteiger partial charge in [0.15, 0.2) is 6.10 Å². The van der Waals surface area contributed by atoms with E-state index in [9.17, 15) is 14.7 Å². The van der Waals surface area contributed by atoms with Gasteiger partial charge in [0, 0.05) is 12.8 Å². The van der Waals surface area contributed by atoms with Crippen LogP contribution < -0.4 is 0 Å². The number of rotatable bonds is 14. The van der Waals surface area contributed by atoms with Crippen LogP contribution >= 0.6 is 0 Å². The van der Waals surface area contributed by atoms with Gasteiger partial charge in [0.2, 0.25) is 0 Å². The van der Waals surface area contributed by atoms with Gasteiger partial charge in [0.1, 0.15) is 5.78 Å². The van der Waals surface area contributed by atoms with Crippen molar-refractivity contribution in [3.05, 3.63) is 0 Å². The lowest BCUT2D eigenvalue weighted by Crippen LogP contribution is -2.32. The zero-order chi connectivity index (χ0) is 16.8. The zero-order valence-corrected chi connectivity index (χ0v) is 14.1. The van der Waals surface area contributed by atoms with Crippen molar-refractivity contribution in [2.45, 2.75) is 90.3 Å². The molecule has 130 valence electrons. The highest BCUT2D eigenvalue weighted by atomic mass is 16.6. The number of unbranched alkanes of at least 4 members (excludes halogenated alkanes) is 7. The molecule has 0 radical (unpaired) electrons. The minimum Gasteiger partial charge on any atom is -0.457 e. The van der Waals surface area contributed by atoms with E-state index in [0.29, 0.717) is 12.8 Å². The molecule has 0 aliphatic rings. The van der Waals surface area contributed by atoms with Crippen LogP contribution in [0, 0.1) is 0 Å². The van der Waals surface area contributed by atoms with Gasteiger partial charge in [-0.2, -0.15) is 0 Å². The molecule has 0 aromatic carbocycles. The summed E-state index contributed by atoms with van der Waals surface area (Å²) in [6.45, 7) is 2.77. The molecule has 0 rings (SSSR count). The van der Waals surface area contributed by atoms with Gasteiger partial charge >= 0.3 is 5.97 Å².